The third-order valence-electron chi connectivity index (χ3n) is 4.75. The van der Waals surface area contributed by atoms with Gasteiger partial charge in [-0.05, 0) is 52.6 Å². The van der Waals surface area contributed by atoms with Gasteiger partial charge in [0, 0.05) is 23.0 Å². The number of ether oxygens (including phenoxy) is 1. The zero-order chi connectivity index (χ0) is 20.8. The number of rotatable bonds is 8. The molecule has 0 spiro atoms. The third-order valence-corrected chi connectivity index (χ3v) is 5.10. The first-order chi connectivity index (χ1) is 13.3. The monoisotopic (exact) mass is 405 g/mol. The van der Waals surface area contributed by atoms with Crippen LogP contribution >= 0.6 is 11.6 Å². The lowest BCUT2D eigenvalue weighted by atomic mass is 10.1. The topological polar surface area (TPSA) is 63.6 Å². The van der Waals surface area contributed by atoms with Crippen LogP contribution in [0.25, 0.3) is 0 Å². The minimum absolute atomic E-state index is 0.0420. The number of likely N-dealkylation sites (N-methyl/N-ethyl adjacent to an activating group) is 1. The SMILES string of the molecule is CCOC(=O)c1cc(C)n(CC(=O)NCC(c2ccccc2Cl)N(C)C)c1C. The molecule has 1 heterocycles. The van der Waals surface area contributed by atoms with Gasteiger partial charge in [0.15, 0.2) is 0 Å². The highest BCUT2D eigenvalue weighted by Crippen LogP contribution is 2.25. The molecule has 2 rings (SSSR count). The van der Waals surface area contributed by atoms with Gasteiger partial charge in [0.05, 0.1) is 18.2 Å². The summed E-state index contributed by atoms with van der Waals surface area (Å²) in [6.45, 7) is 6.34. The van der Waals surface area contributed by atoms with Gasteiger partial charge in [-0.2, -0.15) is 0 Å². The Bertz CT molecular complexity index is 845. The van der Waals surface area contributed by atoms with Gasteiger partial charge in [-0.15, -0.1) is 0 Å². The number of carbonyl (C=O) groups excluding carboxylic acids is 2. The lowest BCUT2D eigenvalue weighted by molar-refractivity contribution is -0.121. The van der Waals surface area contributed by atoms with E-state index >= 15 is 0 Å². The lowest BCUT2D eigenvalue weighted by Crippen LogP contribution is -2.36. The smallest absolute Gasteiger partial charge is 0.339 e. The largest absolute Gasteiger partial charge is 0.462 e. The number of esters is 1. The van der Waals surface area contributed by atoms with Crippen LogP contribution in [-0.2, 0) is 16.1 Å². The van der Waals surface area contributed by atoms with Crippen LogP contribution in [-0.4, -0.2) is 48.6 Å². The van der Waals surface area contributed by atoms with Gasteiger partial charge >= 0.3 is 5.97 Å². The normalized spacial score (nSPS) is 12.1. The van der Waals surface area contributed by atoms with Crippen LogP contribution in [0.3, 0.4) is 0 Å². The van der Waals surface area contributed by atoms with Gasteiger partial charge in [-0.25, -0.2) is 4.79 Å². The molecule has 1 aromatic carbocycles. The fourth-order valence-electron chi connectivity index (χ4n) is 3.19. The molecule has 0 saturated carbocycles. The molecule has 0 saturated heterocycles. The maximum Gasteiger partial charge on any atom is 0.339 e. The van der Waals surface area contributed by atoms with Crippen LogP contribution < -0.4 is 5.32 Å². The number of hydrogen-bond donors (Lipinski definition) is 1. The van der Waals surface area contributed by atoms with E-state index in [1.54, 1.807) is 13.0 Å². The molecule has 6 nitrogen and oxygen atoms in total. The Morgan fingerprint density at radius 2 is 1.93 bits per heavy atom. The van der Waals surface area contributed by atoms with Crippen LogP contribution in [0, 0.1) is 13.8 Å². The summed E-state index contributed by atoms with van der Waals surface area (Å²) < 4.78 is 6.90. The van der Waals surface area contributed by atoms with Crippen molar-refractivity contribution in [3.8, 4) is 0 Å². The zero-order valence-corrected chi connectivity index (χ0v) is 17.8. The molecule has 0 aliphatic rings. The molecule has 0 radical (unpaired) electrons. The van der Waals surface area contributed by atoms with Crippen molar-refractivity contribution in [1.29, 1.82) is 0 Å². The van der Waals surface area contributed by atoms with Crippen molar-refractivity contribution in [2.45, 2.75) is 33.4 Å². The van der Waals surface area contributed by atoms with Crippen molar-refractivity contribution in [1.82, 2.24) is 14.8 Å². The predicted molar refractivity (Wildman–Crippen MR) is 111 cm³/mol. The number of hydrogen-bond acceptors (Lipinski definition) is 4. The first-order valence-corrected chi connectivity index (χ1v) is 9.65. The molecule has 1 N–H and O–H groups in total. The van der Waals surface area contributed by atoms with E-state index in [4.69, 9.17) is 16.3 Å². The zero-order valence-electron chi connectivity index (χ0n) is 17.1. The average Bonchev–Trinajstić information content (AvgIpc) is 2.91. The van der Waals surface area contributed by atoms with Crippen LogP contribution in [0.4, 0.5) is 0 Å². The van der Waals surface area contributed by atoms with Crippen molar-refractivity contribution >= 4 is 23.5 Å². The molecule has 0 aliphatic heterocycles. The molecule has 152 valence electrons. The Labute approximate surface area is 171 Å². The molecule has 1 atom stereocenters. The molecule has 0 fully saturated rings. The van der Waals surface area contributed by atoms with Crippen LogP contribution in [0.2, 0.25) is 5.02 Å². The summed E-state index contributed by atoms with van der Waals surface area (Å²) in [7, 11) is 3.90. The number of carbonyl (C=O) groups is 2. The van der Waals surface area contributed by atoms with Crippen LogP contribution in [0.1, 0.15) is 40.3 Å². The second kappa shape index (κ2) is 9.75. The number of halogens is 1. The number of nitrogens with zero attached hydrogens (tertiary/aromatic N) is 2. The molecule has 0 aliphatic carbocycles. The number of amides is 1. The molecular weight excluding hydrogens is 378 g/mol. The summed E-state index contributed by atoms with van der Waals surface area (Å²) in [6, 6.07) is 9.34. The Balaban J connectivity index is 2.08. The van der Waals surface area contributed by atoms with E-state index in [9.17, 15) is 9.59 Å². The third kappa shape index (κ3) is 5.14. The molecule has 1 unspecified atom stereocenters. The number of benzene rings is 1. The molecule has 28 heavy (non-hydrogen) atoms. The molecule has 0 bridgehead atoms. The summed E-state index contributed by atoms with van der Waals surface area (Å²) in [5, 5.41) is 3.65. The van der Waals surface area contributed by atoms with Gasteiger partial charge in [-0.1, -0.05) is 29.8 Å². The van der Waals surface area contributed by atoms with Crippen molar-refractivity contribution in [2.75, 3.05) is 27.2 Å². The molecular formula is C21H28ClN3O3. The summed E-state index contributed by atoms with van der Waals surface area (Å²) >= 11 is 6.32. The van der Waals surface area contributed by atoms with Crippen LogP contribution in [0.5, 0.6) is 0 Å². The summed E-state index contributed by atoms with van der Waals surface area (Å²) in [4.78, 5) is 26.6. The van der Waals surface area contributed by atoms with Crippen molar-refractivity contribution in [2.24, 2.45) is 0 Å². The van der Waals surface area contributed by atoms with E-state index in [2.05, 4.69) is 5.32 Å². The van der Waals surface area contributed by atoms with Crippen molar-refractivity contribution < 1.29 is 14.3 Å². The van der Waals surface area contributed by atoms with Gasteiger partial charge in [0.2, 0.25) is 5.91 Å². The predicted octanol–water partition coefficient (Wildman–Crippen LogP) is 3.35. The first kappa shape index (κ1) is 22.0. The Morgan fingerprint density at radius 1 is 1.25 bits per heavy atom. The quantitative estimate of drug-likeness (QED) is 0.684. The minimum atomic E-state index is -0.367. The van der Waals surface area contributed by atoms with Gasteiger partial charge < -0.3 is 19.5 Å². The van der Waals surface area contributed by atoms with E-state index in [0.29, 0.717) is 23.7 Å². The second-order valence-corrected chi connectivity index (χ2v) is 7.30. The van der Waals surface area contributed by atoms with E-state index in [0.717, 1.165) is 17.0 Å². The summed E-state index contributed by atoms with van der Waals surface area (Å²) in [5.41, 5.74) is 3.02. The number of aromatic nitrogens is 1. The lowest BCUT2D eigenvalue weighted by Gasteiger charge is -2.26. The fraction of sp³-hybridized carbons (Fsp3) is 0.429. The van der Waals surface area contributed by atoms with Gasteiger partial charge in [0.25, 0.3) is 0 Å². The molecule has 1 amide bonds. The minimum Gasteiger partial charge on any atom is -0.462 e. The summed E-state index contributed by atoms with van der Waals surface area (Å²) in [6.07, 6.45) is 0. The highest BCUT2D eigenvalue weighted by atomic mass is 35.5. The Kier molecular flexibility index (Phi) is 7.66. The van der Waals surface area contributed by atoms with Crippen molar-refractivity contribution in [3.63, 3.8) is 0 Å². The fourth-order valence-corrected chi connectivity index (χ4v) is 3.45. The van der Waals surface area contributed by atoms with Gasteiger partial charge in [0.1, 0.15) is 6.54 Å². The van der Waals surface area contributed by atoms with E-state index < -0.39 is 0 Å². The molecule has 2 aromatic rings. The highest BCUT2D eigenvalue weighted by Gasteiger charge is 2.20. The first-order valence-electron chi connectivity index (χ1n) is 9.27. The maximum absolute atomic E-state index is 12.6. The van der Waals surface area contributed by atoms with E-state index in [1.807, 2.05) is 61.7 Å². The van der Waals surface area contributed by atoms with E-state index in [-0.39, 0.29) is 24.5 Å². The number of nitrogens with one attached hydrogen (secondary N) is 1. The van der Waals surface area contributed by atoms with E-state index in [1.165, 1.54) is 0 Å². The highest BCUT2D eigenvalue weighted by molar-refractivity contribution is 6.31. The van der Waals surface area contributed by atoms with Gasteiger partial charge in [-0.3, -0.25) is 4.79 Å². The number of aryl methyl sites for hydroxylation is 1. The Hall–Kier alpha value is -2.31. The second-order valence-electron chi connectivity index (χ2n) is 6.90. The standard InChI is InChI=1S/C21H28ClN3O3/c1-6-28-21(27)17-11-14(2)25(15(17)3)13-20(26)23-12-19(24(4)5)16-9-7-8-10-18(16)22/h7-11,19H,6,12-13H2,1-5H3,(H,23,26). The molecule has 1 aromatic heterocycles. The maximum atomic E-state index is 12.6. The average molecular weight is 406 g/mol. The van der Waals surface area contributed by atoms with Crippen molar-refractivity contribution in [3.05, 3.63) is 57.9 Å². The Morgan fingerprint density at radius 3 is 2.54 bits per heavy atom. The molecule has 7 heteroatoms. The van der Waals surface area contributed by atoms with Crippen LogP contribution in [0.15, 0.2) is 30.3 Å². The summed E-state index contributed by atoms with van der Waals surface area (Å²) in [5.74, 6) is -0.496.